The number of aromatic nitrogens is 3. The second kappa shape index (κ2) is 6.03. The predicted molar refractivity (Wildman–Crippen MR) is 84.1 cm³/mol. The molecule has 5 nitrogen and oxygen atoms in total. The average Bonchev–Trinajstić information content (AvgIpc) is 2.97. The quantitative estimate of drug-likeness (QED) is 0.769. The Morgan fingerprint density at radius 3 is 2.50 bits per heavy atom. The van der Waals surface area contributed by atoms with Crippen molar-refractivity contribution in [3.63, 3.8) is 0 Å². The predicted octanol–water partition coefficient (Wildman–Crippen LogP) is 3.63. The zero-order valence-corrected chi connectivity index (χ0v) is 12.6. The van der Waals surface area contributed by atoms with Crippen molar-refractivity contribution in [2.24, 2.45) is 0 Å². The standard InChI is InChI=1S/C16H13N3O2S/c1-10-4-2-3-5-13(10)11-6-8-12(9-7-11)22-15-14(16(20)21)17-19-18-15/h2-9H,1H3,(H,20,21)(H,17,18,19). The highest BCUT2D eigenvalue weighted by molar-refractivity contribution is 7.99. The van der Waals surface area contributed by atoms with Crippen molar-refractivity contribution in [2.75, 3.05) is 0 Å². The molecule has 0 amide bonds. The van der Waals surface area contributed by atoms with E-state index in [0.29, 0.717) is 5.03 Å². The summed E-state index contributed by atoms with van der Waals surface area (Å²) in [5.74, 6) is -1.09. The Hall–Kier alpha value is -2.60. The van der Waals surface area contributed by atoms with Gasteiger partial charge in [-0.05, 0) is 35.7 Å². The summed E-state index contributed by atoms with van der Waals surface area (Å²) < 4.78 is 0. The number of carboxylic acids is 1. The Morgan fingerprint density at radius 2 is 1.82 bits per heavy atom. The molecule has 0 spiro atoms. The summed E-state index contributed by atoms with van der Waals surface area (Å²) in [5, 5.41) is 19.2. The molecule has 0 saturated heterocycles. The highest BCUT2D eigenvalue weighted by Gasteiger charge is 2.16. The lowest BCUT2D eigenvalue weighted by atomic mass is 10.0. The molecule has 2 aromatic carbocycles. The summed E-state index contributed by atoms with van der Waals surface area (Å²) in [6.45, 7) is 2.08. The van der Waals surface area contributed by atoms with Crippen LogP contribution in [-0.2, 0) is 0 Å². The fraction of sp³-hybridized carbons (Fsp3) is 0.0625. The van der Waals surface area contributed by atoms with Crippen LogP contribution in [0.2, 0.25) is 0 Å². The minimum Gasteiger partial charge on any atom is -0.476 e. The number of carboxylic acid groups (broad SMARTS) is 1. The number of carbonyl (C=O) groups is 1. The Morgan fingerprint density at radius 1 is 1.09 bits per heavy atom. The van der Waals surface area contributed by atoms with E-state index >= 15 is 0 Å². The van der Waals surface area contributed by atoms with Crippen molar-refractivity contribution in [1.29, 1.82) is 0 Å². The molecule has 0 saturated carbocycles. The van der Waals surface area contributed by atoms with Gasteiger partial charge < -0.3 is 5.11 Å². The van der Waals surface area contributed by atoms with E-state index < -0.39 is 5.97 Å². The molecule has 0 radical (unpaired) electrons. The summed E-state index contributed by atoms with van der Waals surface area (Å²) in [5.41, 5.74) is 3.47. The number of aromatic amines is 1. The van der Waals surface area contributed by atoms with Crippen molar-refractivity contribution in [3.05, 3.63) is 59.8 Å². The lowest BCUT2D eigenvalue weighted by Gasteiger charge is -2.06. The van der Waals surface area contributed by atoms with Crippen molar-refractivity contribution in [2.45, 2.75) is 16.8 Å². The maximum Gasteiger partial charge on any atom is 0.359 e. The van der Waals surface area contributed by atoms with Crippen LogP contribution in [0.3, 0.4) is 0 Å². The zero-order chi connectivity index (χ0) is 15.5. The molecule has 1 heterocycles. The molecular formula is C16H13N3O2S. The maximum atomic E-state index is 11.0. The van der Waals surface area contributed by atoms with Crippen LogP contribution in [-0.4, -0.2) is 26.5 Å². The Kier molecular flexibility index (Phi) is 3.93. The Labute approximate surface area is 131 Å². The lowest BCUT2D eigenvalue weighted by molar-refractivity contribution is 0.0686. The molecule has 2 N–H and O–H groups in total. The number of rotatable bonds is 4. The minimum absolute atomic E-state index is 0.0621. The monoisotopic (exact) mass is 311 g/mol. The van der Waals surface area contributed by atoms with Crippen LogP contribution in [0.4, 0.5) is 0 Å². The maximum absolute atomic E-state index is 11.0. The van der Waals surface area contributed by atoms with Gasteiger partial charge in [0.15, 0.2) is 5.03 Å². The summed E-state index contributed by atoms with van der Waals surface area (Å²) in [4.78, 5) is 11.9. The molecule has 22 heavy (non-hydrogen) atoms. The van der Waals surface area contributed by atoms with Gasteiger partial charge >= 0.3 is 5.97 Å². The van der Waals surface area contributed by atoms with Crippen molar-refractivity contribution >= 4 is 17.7 Å². The van der Waals surface area contributed by atoms with Gasteiger partial charge in [0.2, 0.25) is 5.69 Å². The number of H-pyrrole nitrogens is 1. The minimum atomic E-state index is -1.09. The zero-order valence-electron chi connectivity index (χ0n) is 11.8. The van der Waals surface area contributed by atoms with Crippen LogP contribution in [0, 0.1) is 6.92 Å². The van der Waals surface area contributed by atoms with E-state index in [9.17, 15) is 4.79 Å². The van der Waals surface area contributed by atoms with Gasteiger partial charge in [-0.25, -0.2) is 4.79 Å². The van der Waals surface area contributed by atoms with Crippen molar-refractivity contribution < 1.29 is 9.90 Å². The van der Waals surface area contributed by atoms with E-state index in [4.69, 9.17) is 5.11 Å². The molecule has 0 bridgehead atoms. The average molecular weight is 311 g/mol. The molecule has 1 aromatic heterocycles. The van der Waals surface area contributed by atoms with Gasteiger partial charge in [0.05, 0.1) is 0 Å². The van der Waals surface area contributed by atoms with E-state index in [1.807, 2.05) is 36.4 Å². The SMILES string of the molecule is Cc1ccccc1-c1ccc(Sc2n[nH]nc2C(=O)O)cc1. The molecule has 0 aliphatic rings. The second-order valence-corrected chi connectivity index (χ2v) is 5.79. The smallest absolute Gasteiger partial charge is 0.359 e. The van der Waals surface area contributed by atoms with Crippen molar-refractivity contribution in [3.8, 4) is 11.1 Å². The highest BCUT2D eigenvalue weighted by atomic mass is 32.2. The van der Waals surface area contributed by atoms with Crippen molar-refractivity contribution in [1.82, 2.24) is 15.4 Å². The normalized spacial score (nSPS) is 10.6. The number of aryl methyl sites for hydroxylation is 1. The van der Waals surface area contributed by atoms with Crippen LogP contribution in [0.5, 0.6) is 0 Å². The summed E-state index contributed by atoms with van der Waals surface area (Å²) >= 11 is 1.27. The number of hydrogen-bond acceptors (Lipinski definition) is 4. The topological polar surface area (TPSA) is 78.9 Å². The summed E-state index contributed by atoms with van der Waals surface area (Å²) in [6.07, 6.45) is 0. The highest BCUT2D eigenvalue weighted by Crippen LogP contribution is 2.30. The van der Waals surface area contributed by atoms with Crippen LogP contribution in [0.15, 0.2) is 58.5 Å². The molecule has 0 aliphatic heterocycles. The van der Waals surface area contributed by atoms with E-state index in [0.717, 1.165) is 10.5 Å². The molecule has 3 aromatic rings. The third kappa shape index (κ3) is 2.87. The molecular weight excluding hydrogens is 298 g/mol. The second-order valence-electron chi connectivity index (χ2n) is 4.72. The van der Waals surface area contributed by atoms with Crippen LogP contribution in [0.25, 0.3) is 11.1 Å². The Balaban J connectivity index is 1.84. The molecule has 0 fully saturated rings. The van der Waals surface area contributed by atoms with Crippen LogP contribution < -0.4 is 0 Å². The van der Waals surface area contributed by atoms with E-state index in [-0.39, 0.29) is 5.69 Å². The largest absolute Gasteiger partial charge is 0.476 e. The molecule has 3 rings (SSSR count). The first-order valence-electron chi connectivity index (χ1n) is 6.63. The lowest BCUT2D eigenvalue weighted by Crippen LogP contribution is -1.98. The van der Waals surface area contributed by atoms with Gasteiger partial charge in [-0.1, -0.05) is 48.2 Å². The number of nitrogens with one attached hydrogen (secondary N) is 1. The molecule has 0 unspecified atom stereocenters. The third-order valence-corrected chi connectivity index (χ3v) is 4.23. The number of hydrogen-bond donors (Lipinski definition) is 2. The molecule has 110 valence electrons. The van der Waals surface area contributed by atoms with E-state index in [2.05, 4.69) is 34.5 Å². The van der Waals surface area contributed by atoms with Gasteiger partial charge in [0.25, 0.3) is 0 Å². The van der Waals surface area contributed by atoms with E-state index in [1.165, 1.54) is 22.9 Å². The van der Waals surface area contributed by atoms with Crippen LogP contribution in [0.1, 0.15) is 16.1 Å². The molecule has 6 heteroatoms. The van der Waals surface area contributed by atoms with Crippen LogP contribution >= 0.6 is 11.8 Å². The first-order valence-corrected chi connectivity index (χ1v) is 7.45. The Bertz CT molecular complexity index is 812. The first kappa shape index (κ1) is 14.3. The van der Waals surface area contributed by atoms with Gasteiger partial charge in [-0.2, -0.15) is 5.21 Å². The van der Waals surface area contributed by atoms with Gasteiger partial charge in [0.1, 0.15) is 0 Å². The first-order chi connectivity index (χ1) is 10.6. The fourth-order valence-corrected chi connectivity index (χ4v) is 2.95. The third-order valence-electron chi connectivity index (χ3n) is 3.24. The van der Waals surface area contributed by atoms with Gasteiger partial charge in [-0.15, -0.1) is 10.2 Å². The number of nitrogens with zero attached hydrogens (tertiary/aromatic N) is 2. The van der Waals surface area contributed by atoms with E-state index in [1.54, 1.807) is 0 Å². The number of aromatic carboxylic acids is 1. The van der Waals surface area contributed by atoms with Gasteiger partial charge in [-0.3, -0.25) is 0 Å². The van der Waals surface area contributed by atoms with Gasteiger partial charge in [0, 0.05) is 4.90 Å². The molecule has 0 aliphatic carbocycles. The summed E-state index contributed by atoms with van der Waals surface area (Å²) in [7, 11) is 0. The number of benzene rings is 2. The fourth-order valence-electron chi connectivity index (χ4n) is 2.14. The summed E-state index contributed by atoms with van der Waals surface area (Å²) in [6, 6.07) is 16.1. The molecule has 0 atom stereocenters.